The first-order valence-electron chi connectivity index (χ1n) is 7.87. The summed E-state index contributed by atoms with van der Waals surface area (Å²) in [7, 11) is 2.32. The van der Waals surface area contributed by atoms with Crippen LogP contribution in [0.5, 0.6) is 0 Å². The molecule has 2 rings (SSSR count). The second-order valence-electron chi connectivity index (χ2n) is 6.26. The van der Waals surface area contributed by atoms with Crippen molar-refractivity contribution in [3.05, 3.63) is 0 Å². The fourth-order valence-electron chi connectivity index (χ4n) is 3.55. The molecule has 3 heteroatoms. The van der Waals surface area contributed by atoms with Gasteiger partial charge in [-0.15, -0.1) is 0 Å². The molecule has 18 heavy (non-hydrogen) atoms. The van der Waals surface area contributed by atoms with Gasteiger partial charge in [0.2, 0.25) is 0 Å². The summed E-state index contributed by atoms with van der Waals surface area (Å²) in [6, 6.07) is 1.59. The fraction of sp³-hybridized carbons (Fsp3) is 1.00. The number of piperidine rings is 1. The molecule has 0 amide bonds. The van der Waals surface area contributed by atoms with Crippen LogP contribution < -0.4 is 5.32 Å². The third-order valence-electron chi connectivity index (χ3n) is 5.07. The van der Waals surface area contributed by atoms with Crippen molar-refractivity contribution in [3.63, 3.8) is 0 Å². The summed E-state index contributed by atoms with van der Waals surface area (Å²) in [4.78, 5) is 5.40. The Balaban J connectivity index is 1.98. The van der Waals surface area contributed by atoms with Gasteiger partial charge in [-0.1, -0.05) is 20.3 Å². The molecule has 0 aromatic heterocycles. The molecule has 2 unspecified atom stereocenters. The lowest BCUT2D eigenvalue weighted by molar-refractivity contribution is 0.115. The van der Waals surface area contributed by atoms with Gasteiger partial charge in [0, 0.05) is 18.6 Å². The number of rotatable bonds is 3. The normalized spacial score (nSPS) is 31.2. The maximum absolute atomic E-state index is 3.49. The molecule has 106 valence electrons. The molecule has 0 bridgehead atoms. The molecule has 2 atom stereocenters. The van der Waals surface area contributed by atoms with Crippen LogP contribution in [0.4, 0.5) is 0 Å². The van der Waals surface area contributed by atoms with E-state index in [-0.39, 0.29) is 0 Å². The maximum atomic E-state index is 3.49. The van der Waals surface area contributed by atoms with Gasteiger partial charge < -0.3 is 10.2 Å². The monoisotopic (exact) mass is 253 g/mol. The molecule has 0 radical (unpaired) electrons. The first-order chi connectivity index (χ1) is 8.72. The molecule has 2 aliphatic rings. The van der Waals surface area contributed by atoms with E-state index in [9.17, 15) is 0 Å². The average Bonchev–Trinajstić information content (AvgIpc) is 2.61. The lowest BCUT2D eigenvalue weighted by Gasteiger charge is -2.38. The molecule has 2 heterocycles. The number of nitrogens with one attached hydrogen (secondary N) is 1. The van der Waals surface area contributed by atoms with Gasteiger partial charge in [-0.25, -0.2) is 0 Å². The zero-order chi connectivity index (χ0) is 13.0. The van der Waals surface area contributed by atoms with E-state index in [1.807, 2.05) is 0 Å². The molecule has 1 N–H and O–H groups in total. The largest absolute Gasteiger partial charge is 0.317 e. The highest BCUT2D eigenvalue weighted by molar-refractivity contribution is 4.86. The molecule has 0 aromatic rings. The Kier molecular flexibility index (Phi) is 5.46. The minimum absolute atomic E-state index is 0.757. The van der Waals surface area contributed by atoms with Gasteiger partial charge in [0.05, 0.1) is 0 Å². The van der Waals surface area contributed by atoms with Crippen molar-refractivity contribution in [1.82, 2.24) is 15.1 Å². The molecule has 3 nitrogen and oxygen atoms in total. The van der Waals surface area contributed by atoms with Crippen LogP contribution in [0.15, 0.2) is 0 Å². The zero-order valence-electron chi connectivity index (χ0n) is 12.5. The number of nitrogens with zero attached hydrogens (tertiary/aromatic N) is 2. The van der Waals surface area contributed by atoms with Gasteiger partial charge >= 0.3 is 0 Å². The van der Waals surface area contributed by atoms with E-state index in [0.29, 0.717) is 0 Å². The first kappa shape index (κ1) is 14.3. The minimum atomic E-state index is 0.757. The summed E-state index contributed by atoms with van der Waals surface area (Å²) < 4.78 is 0. The third kappa shape index (κ3) is 3.46. The van der Waals surface area contributed by atoms with E-state index in [1.165, 1.54) is 58.4 Å². The van der Waals surface area contributed by atoms with Crippen LogP contribution in [0.1, 0.15) is 39.5 Å². The lowest BCUT2D eigenvalue weighted by atomic mass is 9.96. The van der Waals surface area contributed by atoms with Gasteiger partial charge in [-0.05, 0) is 58.4 Å². The quantitative estimate of drug-likeness (QED) is 0.827. The van der Waals surface area contributed by atoms with Gasteiger partial charge in [0.25, 0.3) is 0 Å². The van der Waals surface area contributed by atoms with E-state index in [4.69, 9.17) is 0 Å². The molecular formula is C15H31N3. The third-order valence-corrected chi connectivity index (χ3v) is 5.07. The van der Waals surface area contributed by atoms with E-state index in [2.05, 4.69) is 36.0 Å². The Morgan fingerprint density at radius 1 is 1.22 bits per heavy atom. The second-order valence-corrected chi connectivity index (χ2v) is 6.26. The highest BCUT2D eigenvalue weighted by Gasteiger charge is 2.30. The number of likely N-dealkylation sites (N-methyl/N-ethyl adjacent to an activating group) is 1. The van der Waals surface area contributed by atoms with Crippen molar-refractivity contribution >= 4 is 0 Å². The van der Waals surface area contributed by atoms with Crippen LogP contribution in [0.3, 0.4) is 0 Å². The van der Waals surface area contributed by atoms with Crippen LogP contribution >= 0.6 is 0 Å². The minimum Gasteiger partial charge on any atom is -0.317 e. The van der Waals surface area contributed by atoms with Crippen molar-refractivity contribution in [2.24, 2.45) is 5.92 Å². The summed E-state index contributed by atoms with van der Waals surface area (Å²) in [5, 5.41) is 3.49. The Morgan fingerprint density at radius 2 is 1.94 bits per heavy atom. The SMILES string of the molecule is CCC(C)C1CN(C2CCNCC2)CCCN1C. The van der Waals surface area contributed by atoms with Gasteiger partial charge in [-0.3, -0.25) is 4.90 Å². The molecular weight excluding hydrogens is 222 g/mol. The molecule has 0 aromatic carbocycles. The van der Waals surface area contributed by atoms with Gasteiger partial charge in [0.1, 0.15) is 0 Å². The van der Waals surface area contributed by atoms with Crippen LogP contribution in [0.2, 0.25) is 0 Å². The molecule has 0 aliphatic carbocycles. The molecule has 2 aliphatic heterocycles. The highest BCUT2D eigenvalue weighted by atomic mass is 15.2. The van der Waals surface area contributed by atoms with Crippen LogP contribution in [0.25, 0.3) is 0 Å². The van der Waals surface area contributed by atoms with E-state index in [0.717, 1.165) is 18.0 Å². The Bertz CT molecular complexity index is 238. The van der Waals surface area contributed by atoms with Crippen molar-refractivity contribution in [3.8, 4) is 0 Å². The molecule has 2 fully saturated rings. The molecule has 0 spiro atoms. The molecule has 2 saturated heterocycles. The summed E-state index contributed by atoms with van der Waals surface area (Å²) in [6.45, 7) is 11.1. The van der Waals surface area contributed by atoms with Crippen molar-refractivity contribution in [1.29, 1.82) is 0 Å². The predicted octanol–water partition coefficient (Wildman–Crippen LogP) is 1.79. The lowest BCUT2D eigenvalue weighted by Crippen LogP contribution is -2.49. The van der Waals surface area contributed by atoms with Crippen LogP contribution in [-0.4, -0.2) is 61.7 Å². The van der Waals surface area contributed by atoms with Crippen molar-refractivity contribution in [2.45, 2.75) is 51.6 Å². The first-order valence-corrected chi connectivity index (χ1v) is 7.87. The smallest absolute Gasteiger partial charge is 0.0245 e. The number of hydrogen-bond acceptors (Lipinski definition) is 3. The summed E-state index contributed by atoms with van der Waals surface area (Å²) in [5.74, 6) is 0.817. The summed E-state index contributed by atoms with van der Waals surface area (Å²) in [5.41, 5.74) is 0. The van der Waals surface area contributed by atoms with E-state index < -0.39 is 0 Å². The Morgan fingerprint density at radius 3 is 2.61 bits per heavy atom. The summed E-state index contributed by atoms with van der Waals surface area (Å²) >= 11 is 0. The van der Waals surface area contributed by atoms with E-state index >= 15 is 0 Å². The van der Waals surface area contributed by atoms with E-state index in [1.54, 1.807) is 0 Å². The topological polar surface area (TPSA) is 18.5 Å². The Labute approximate surface area is 113 Å². The maximum Gasteiger partial charge on any atom is 0.0245 e. The summed E-state index contributed by atoms with van der Waals surface area (Å²) in [6.07, 6.45) is 5.33. The van der Waals surface area contributed by atoms with Gasteiger partial charge in [-0.2, -0.15) is 0 Å². The zero-order valence-corrected chi connectivity index (χ0v) is 12.5. The average molecular weight is 253 g/mol. The fourth-order valence-corrected chi connectivity index (χ4v) is 3.55. The highest BCUT2D eigenvalue weighted by Crippen LogP contribution is 2.22. The van der Waals surface area contributed by atoms with Crippen molar-refractivity contribution < 1.29 is 0 Å². The second kappa shape index (κ2) is 6.88. The van der Waals surface area contributed by atoms with Gasteiger partial charge in [0.15, 0.2) is 0 Å². The number of hydrogen-bond donors (Lipinski definition) is 1. The standard InChI is InChI=1S/C15H31N3/c1-4-13(2)15-12-18(11-5-10-17(15)3)14-6-8-16-9-7-14/h13-16H,4-12H2,1-3H3. The predicted molar refractivity (Wildman–Crippen MR) is 78.0 cm³/mol. The molecule has 0 saturated carbocycles. The van der Waals surface area contributed by atoms with Crippen molar-refractivity contribution in [2.75, 3.05) is 39.8 Å². The van der Waals surface area contributed by atoms with Crippen LogP contribution in [0, 0.1) is 5.92 Å². The Hall–Kier alpha value is -0.120. The van der Waals surface area contributed by atoms with Crippen LogP contribution in [-0.2, 0) is 0 Å².